The van der Waals surface area contributed by atoms with E-state index >= 15 is 4.39 Å². The minimum atomic E-state index is -1.78. The maximum Gasteiger partial charge on any atom is 0.217 e. The Morgan fingerprint density at radius 3 is 2.88 bits per heavy atom. The second-order valence-electron chi connectivity index (χ2n) is 7.04. The van der Waals surface area contributed by atoms with Crippen LogP contribution in [0.2, 0.25) is 0 Å². The Hall–Kier alpha value is -2.01. The first kappa shape index (κ1) is 16.5. The van der Waals surface area contributed by atoms with Gasteiger partial charge < -0.3 is 9.47 Å². The van der Waals surface area contributed by atoms with Gasteiger partial charge in [0.25, 0.3) is 0 Å². The number of benzene rings is 1. The van der Waals surface area contributed by atoms with Gasteiger partial charge in [-0.25, -0.2) is 9.37 Å². The molecule has 4 nitrogen and oxygen atoms in total. The summed E-state index contributed by atoms with van der Waals surface area (Å²) in [5.74, 6) is 0.260. The van der Waals surface area contributed by atoms with Crippen molar-refractivity contribution in [3.05, 3.63) is 35.4 Å². The van der Waals surface area contributed by atoms with Gasteiger partial charge in [0.1, 0.15) is 0 Å². The Morgan fingerprint density at radius 1 is 1.32 bits per heavy atom. The van der Waals surface area contributed by atoms with Crippen molar-refractivity contribution in [3.8, 4) is 5.88 Å². The molecule has 132 valence electrons. The molecule has 0 bridgehead atoms. The summed E-state index contributed by atoms with van der Waals surface area (Å²) in [5.41, 5.74) is 0.462. The zero-order valence-electron chi connectivity index (χ0n) is 14.4. The maximum absolute atomic E-state index is 15.2. The zero-order valence-corrected chi connectivity index (χ0v) is 14.4. The number of hydrogen-bond acceptors (Lipinski definition) is 4. The van der Waals surface area contributed by atoms with E-state index in [0.29, 0.717) is 30.9 Å². The van der Waals surface area contributed by atoms with Gasteiger partial charge in [-0.2, -0.15) is 0 Å². The highest BCUT2D eigenvalue weighted by Gasteiger charge is 2.42. The third-order valence-electron chi connectivity index (χ3n) is 5.41. The van der Waals surface area contributed by atoms with Crippen molar-refractivity contribution in [1.82, 2.24) is 4.98 Å². The van der Waals surface area contributed by atoms with Crippen LogP contribution in [0.4, 0.5) is 4.39 Å². The smallest absolute Gasteiger partial charge is 0.217 e. The molecule has 0 saturated heterocycles. The molecule has 2 aromatic rings. The van der Waals surface area contributed by atoms with Crippen LogP contribution in [-0.4, -0.2) is 36.3 Å². The molecule has 0 radical (unpaired) electrons. The first-order valence-corrected chi connectivity index (χ1v) is 8.92. The molecular formula is C20H22FNO3. The normalized spacial score (nSPS) is 26.1. The minimum Gasteiger partial charge on any atom is -0.477 e. The number of rotatable bonds is 3. The lowest BCUT2D eigenvalue weighted by Gasteiger charge is -2.32. The molecule has 5 heteroatoms. The standard InChI is InChI=1S/C20H22FNO3/c1-24-16-6-8-20(21,9-7-16)18(23)13-4-5-17-15(11-13)12-14-3-2-10-25-19(14)22-17/h4-5,11-12,16H,2-3,6-10H2,1H3. The van der Waals surface area contributed by atoms with Crippen LogP contribution >= 0.6 is 0 Å². The number of nitrogens with zero attached hydrogens (tertiary/aromatic N) is 1. The van der Waals surface area contributed by atoms with E-state index in [1.165, 1.54) is 0 Å². The number of pyridine rings is 1. The predicted molar refractivity (Wildman–Crippen MR) is 93.0 cm³/mol. The monoisotopic (exact) mass is 343 g/mol. The van der Waals surface area contributed by atoms with Crippen LogP contribution in [0.3, 0.4) is 0 Å². The summed E-state index contributed by atoms with van der Waals surface area (Å²) >= 11 is 0. The average Bonchev–Trinajstić information content (AvgIpc) is 2.66. The summed E-state index contributed by atoms with van der Waals surface area (Å²) < 4.78 is 26.1. The molecule has 1 aliphatic heterocycles. The van der Waals surface area contributed by atoms with Gasteiger partial charge in [0.05, 0.1) is 18.2 Å². The van der Waals surface area contributed by atoms with Gasteiger partial charge in [-0.05, 0) is 62.8 Å². The molecule has 0 atom stereocenters. The molecule has 0 spiro atoms. The number of carbonyl (C=O) groups excluding carboxylic acids is 1. The Labute approximate surface area is 146 Å². The van der Waals surface area contributed by atoms with Crippen molar-refractivity contribution >= 4 is 16.7 Å². The van der Waals surface area contributed by atoms with Gasteiger partial charge in [0, 0.05) is 23.6 Å². The maximum atomic E-state index is 15.2. The molecular weight excluding hydrogens is 321 g/mol. The summed E-state index contributed by atoms with van der Waals surface area (Å²) in [5, 5.41) is 0.865. The molecule has 1 fully saturated rings. The number of Topliss-reactive ketones (excluding diaryl/α,β-unsaturated/α-hetero) is 1. The van der Waals surface area contributed by atoms with Crippen molar-refractivity contribution in [2.24, 2.45) is 0 Å². The van der Waals surface area contributed by atoms with Crippen molar-refractivity contribution in [3.63, 3.8) is 0 Å². The van der Waals surface area contributed by atoms with Gasteiger partial charge >= 0.3 is 0 Å². The van der Waals surface area contributed by atoms with Gasteiger partial charge in [-0.1, -0.05) is 0 Å². The SMILES string of the molecule is COC1CCC(F)(C(=O)c2ccc3nc4c(cc3c2)CCCO4)CC1. The van der Waals surface area contributed by atoms with Crippen LogP contribution in [0.25, 0.3) is 10.9 Å². The van der Waals surface area contributed by atoms with Crippen molar-refractivity contribution in [1.29, 1.82) is 0 Å². The minimum absolute atomic E-state index is 0.0593. The Bertz CT molecular complexity index is 812. The Balaban J connectivity index is 1.63. The van der Waals surface area contributed by atoms with Crippen LogP contribution in [0, 0.1) is 0 Å². The number of aryl methyl sites for hydroxylation is 1. The van der Waals surface area contributed by atoms with E-state index in [0.717, 1.165) is 29.3 Å². The van der Waals surface area contributed by atoms with Crippen molar-refractivity contribution < 1.29 is 18.7 Å². The average molecular weight is 343 g/mol. The topological polar surface area (TPSA) is 48.4 Å². The molecule has 1 aromatic heterocycles. The van der Waals surface area contributed by atoms with Gasteiger partial charge in [0.2, 0.25) is 5.88 Å². The highest BCUT2D eigenvalue weighted by Crippen LogP contribution is 2.36. The zero-order chi connectivity index (χ0) is 17.4. The molecule has 1 aromatic carbocycles. The van der Waals surface area contributed by atoms with Crippen LogP contribution < -0.4 is 4.74 Å². The molecule has 0 N–H and O–H groups in total. The number of aromatic nitrogens is 1. The summed E-state index contributed by atoms with van der Waals surface area (Å²) in [4.78, 5) is 17.3. The predicted octanol–water partition coefficient (Wildman–Crippen LogP) is 4.04. The fraction of sp³-hybridized carbons (Fsp3) is 0.500. The van der Waals surface area contributed by atoms with E-state index in [9.17, 15) is 4.79 Å². The lowest BCUT2D eigenvalue weighted by molar-refractivity contribution is 0.0118. The van der Waals surface area contributed by atoms with Crippen LogP contribution in [0.15, 0.2) is 24.3 Å². The summed E-state index contributed by atoms with van der Waals surface area (Å²) in [6, 6.07) is 7.24. The number of hydrogen-bond donors (Lipinski definition) is 0. The summed E-state index contributed by atoms with van der Waals surface area (Å²) in [7, 11) is 1.64. The number of fused-ring (bicyclic) bond motifs is 2. The van der Waals surface area contributed by atoms with Crippen molar-refractivity contribution in [2.45, 2.75) is 50.3 Å². The van der Waals surface area contributed by atoms with E-state index < -0.39 is 11.5 Å². The number of alkyl halides is 1. The summed E-state index contributed by atoms with van der Waals surface area (Å²) in [6.45, 7) is 0.689. The molecule has 2 heterocycles. The number of ketones is 1. The van der Waals surface area contributed by atoms with Gasteiger partial charge in [0.15, 0.2) is 11.5 Å². The second kappa shape index (κ2) is 6.37. The third-order valence-corrected chi connectivity index (χ3v) is 5.41. The molecule has 0 amide bonds. The second-order valence-corrected chi connectivity index (χ2v) is 7.04. The van der Waals surface area contributed by atoms with Crippen LogP contribution in [0.5, 0.6) is 5.88 Å². The molecule has 25 heavy (non-hydrogen) atoms. The molecule has 1 saturated carbocycles. The van der Waals surface area contributed by atoms with Gasteiger partial charge in [-0.15, -0.1) is 0 Å². The first-order valence-electron chi connectivity index (χ1n) is 8.92. The molecule has 2 aliphatic rings. The van der Waals surface area contributed by atoms with Crippen LogP contribution in [-0.2, 0) is 11.2 Å². The Kier molecular flexibility index (Phi) is 4.20. The van der Waals surface area contributed by atoms with Crippen molar-refractivity contribution in [2.75, 3.05) is 13.7 Å². The van der Waals surface area contributed by atoms with E-state index in [-0.39, 0.29) is 18.9 Å². The number of halogens is 1. The first-order chi connectivity index (χ1) is 12.1. The van der Waals surface area contributed by atoms with Gasteiger partial charge in [-0.3, -0.25) is 4.79 Å². The van der Waals surface area contributed by atoms with E-state index in [1.54, 1.807) is 25.3 Å². The quantitative estimate of drug-likeness (QED) is 0.789. The number of methoxy groups -OCH3 is 1. The fourth-order valence-electron chi connectivity index (χ4n) is 3.85. The fourth-order valence-corrected chi connectivity index (χ4v) is 3.85. The lowest BCUT2D eigenvalue weighted by Crippen LogP contribution is -2.39. The molecule has 0 unspecified atom stereocenters. The highest BCUT2D eigenvalue weighted by molar-refractivity contribution is 6.04. The molecule has 1 aliphatic carbocycles. The van der Waals surface area contributed by atoms with E-state index in [4.69, 9.17) is 9.47 Å². The Morgan fingerprint density at radius 2 is 2.12 bits per heavy atom. The lowest BCUT2D eigenvalue weighted by atomic mass is 9.79. The largest absolute Gasteiger partial charge is 0.477 e. The summed E-state index contributed by atoms with van der Waals surface area (Å²) in [6.07, 6.45) is 3.55. The molecule has 4 rings (SSSR count). The number of ether oxygens (including phenoxy) is 2. The van der Waals surface area contributed by atoms with E-state index in [1.807, 2.05) is 6.07 Å². The van der Waals surface area contributed by atoms with Crippen LogP contribution in [0.1, 0.15) is 48.0 Å². The third kappa shape index (κ3) is 3.01. The highest BCUT2D eigenvalue weighted by atomic mass is 19.1. The number of carbonyl (C=O) groups is 1. The van der Waals surface area contributed by atoms with E-state index in [2.05, 4.69) is 4.98 Å².